The van der Waals surface area contributed by atoms with Crippen LogP contribution in [0.1, 0.15) is 52.0 Å². The van der Waals surface area contributed by atoms with Gasteiger partial charge in [-0.05, 0) is 43.0 Å². The Balaban J connectivity index is 1.57. The quantitative estimate of drug-likeness (QED) is 0.223. The van der Waals surface area contributed by atoms with E-state index in [1.807, 2.05) is 12.3 Å². The monoisotopic (exact) mass is 576 g/mol. The van der Waals surface area contributed by atoms with Crippen LogP contribution in [0.4, 0.5) is 21.5 Å². The predicted molar refractivity (Wildman–Crippen MR) is 153 cm³/mol. The molecule has 210 valence electrons. The number of furan rings is 1. The Morgan fingerprint density at radius 1 is 1.18 bits per heavy atom. The van der Waals surface area contributed by atoms with Gasteiger partial charge in [-0.1, -0.05) is 45.2 Å². The Kier molecular flexibility index (Phi) is 9.36. The summed E-state index contributed by atoms with van der Waals surface area (Å²) < 4.78 is 47.5. The van der Waals surface area contributed by atoms with Gasteiger partial charge in [0.1, 0.15) is 22.7 Å². The maximum Gasteiger partial charge on any atom is 0.265 e. The van der Waals surface area contributed by atoms with Crippen LogP contribution >= 0.6 is 11.6 Å². The number of aromatic nitrogens is 1. The number of anilines is 3. The molecule has 1 aliphatic rings. The topological polar surface area (TPSA) is 103 Å². The first-order valence-electron chi connectivity index (χ1n) is 13.0. The van der Waals surface area contributed by atoms with Gasteiger partial charge in [-0.2, -0.15) is 0 Å². The summed E-state index contributed by atoms with van der Waals surface area (Å²) in [6, 6.07) is 5.77. The summed E-state index contributed by atoms with van der Waals surface area (Å²) in [6.07, 6.45) is 12.0. The van der Waals surface area contributed by atoms with Crippen molar-refractivity contribution in [1.82, 2.24) is 15.9 Å². The van der Waals surface area contributed by atoms with Crippen LogP contribution in [0.5, 0.6) is 0 Å². The van der Waals surface area contributed by atoms with Crippen molar-refractivity contribution in [2.75, 3.05) is 27.7 Å². The molecule has 0 radical (unpaired) electrons. The summed E-state index contributed by atoms with van der Waals surface area (Å²) in [5.74, 6) is 0.0532. The molecule has 3 aromatic rings. The molecule has 0 unspecified atom stereocenters. The van der Waals surface area contributed by atoms with Crippen LogP contribution in [-0.2, 0) is 10.0 Å². The number of benzene rings is 1. The third kappa shape index (κ3) is 6.66. The number of halogens is 2. The molecule has 4 rings (SSSR count). The molecule has 3 N–H and O–H groups in total. The van der Waals surface area contributed by atoms with Crippen LogP contribution in [0.15, 0.2) is 64.7 Å². The highest BCUT2D eigenvalue weighted by Crippen LogP contribution is 2.37. The van der Waals surface area contributed by atoms with Gasteiger partial charge in [0.2, 0.25) is 0 Å². The smallest absolute Gasteiger partial charge is 0.265 e. The van der Waals surface area contributed by atoms with Crippen molar-refractivity contribution in [3.63, 3.8) is 0 Å². The Hall–Kier alpha value is -3.28. The molecular formula is C27H34ClFN6O3S. The number of rotatable bonds is 13. The number of pyridine rings is 1. The summed E-state index contributed by atoms with van der Waals surface area (Å²) in [6.45, 7) is 8.49. The second kappa shape index (κ2) is 12.7. The molecule has 1 aromatic carbocycles. The highest BCUT2D eigenvalue weighted by molar-refractivity contribution is 7.92. The van der Waals surface area contributed by atoms with Crippen molar-refractivity contribution in [3.8, 4) is 0 Å². The standard InChI is InChI=1S/C27H34ClFN6O3S/c1-4-11-34(12-9-19(5-2)6-3)21-14-20(15-30-16-21)25-17-35(33-31-25)27-23(29)7-8-24(26(27)28)32-39(36,37)22-10-13-38-18-22/h7-8,10,13-19,31-33H,4-6,9,11-12H2,1-3H3. The lowest BCUT2D eigenvalue weighted by molar-refractivity contribution is 0.454. The highest BCUT2D eigenvalue weighted by Gasteiger charge is 2.25. The SMILES string of the molecule is CCCN(CCC(CC)CC)c1cncc(C2=CN(c3c(F)ccc(NS(=O)(=O)c4ccoc4)c3Cl)NN2)c1. The van der Waals surface area contributed by atoms with Gasteiger partial charge in [-0.3, -0.25) is 14.7 Å². The van der Waals surface area contributed by atoms with Crippen LogP contribution in [0.2, 0.25) is 5.02 Å². The van der Waals surface area contributed by atoms with Crippen LogP contribution in [0.25, 0.3) is 5.70 Å². The predicted octanol–water partition coefficient (Wildman–Crippen LogP) is 6.14. The molecule has 12 heteroatoms. The van der Waals surface area contributed by atoms with E-state index in [9.17, 15) is 12.8 Å². The van der Waals surface area contributed by atoms with E-state index in [0.29, 0.717) is 11.6 Å². The lowest BCUT2D eigenvalue weighted by atomic mass is 9.99. The zero-order chi connectivity index (χ0) is 28.0. The van der Waals surface area contributed by atoms with Gasteiger partial charge < -0.3 is 14.7 Å². The number of hydrazine groups is 2. The fourth-order valence-electron chi connectivity index (χ4n) is 4.45. The highest BCUT2D eigenvalue weighted by atomic mass is 35.5. The largest absolute Gasteiger partial charge is 0.471 e. The van der Waals surface area contributed by atoms with Crippen molar-refractivity contribution < 1.29 is 17.2 Å². The maximum absolute atomic E-state index is 14.9. The molecule has 3 heterocycles. The second-order valence-corrected chi connectivity index (χ2v) is 11.4. The number of hydrogen-bond acceptors (Lipinski definition) is 8. The molecule has 0 bridgehead atoms. The van der Waals surface area contributed by atoms with Crippen LogP contribution < -0.4 is 25.6 Å². The van der Waals surface area contributed by atoms with Gasteiger partial charge in [0.05, 0.1) is 34.6 Å². The Morgan fingerprint density at radius 3 is 2.67 bits per heavy atom. The third-order valence-electron chi connectivity index (χ3n) is 6.78. The molecular weight excluding hydrogens is 543 g/mol. The zero-order valence-corrected chi connectivity index (χ0v) is 23.8. The van der Waals surface area contributed by atoms with E-state index in [1.165, 1.54) is 23.4 Å². The Labute approximate surface area is 234 Å². The van der Waals surface area contributed by atoms with Crippen molar-refractivity contribution in [2.45, 2.75) is 51.3 Å². The van der Waals surface area contributed by atoms with Crippen LogP contribution in [0, 0.1) is 11.7 Å². The minimum atomic E-state index is -3.96. The molecule has 0 amide bonds. The molecule has 0 atom stereocenters. The molecule has 0 saturated heterocycles. The van der Waals surface area contributed by atoms with E-state index in [2.05, 4.69) is 46.3 Å². The average molecular weight is 577 g/mol. The van der Waals surface area contributed by atoms with E-state index in [-0.39, 0.29) is 21.3 Å². The van der Waals surface area contributed by atoms with Crippen molar-refractivity contribution in [1.29, 1.82) is 0 Å². The van der Waals surface area contributed by atoms with E-state index < -0.39 is 15.8 Å². The van der Waals surface area contributed by atoms with Gasteiger partial charge >= 0.3 is 0 Å². The van der Waals surface area contributed by atoms with Gasteiger partial charge in [-0.15, -0.1) is 5.53 Å². The molecule has 2 aromatic heterocycles. The van der Waals surface area contributed by atoms with Gasteiger partial charge in [0, 0.05) is 31.0 Å². The maximum atomic E-state index is 14.9. The summed E-state index contributed by atoms with van der Waals surface area (Å²) in [5.41, 5.74) is 8.37. The van der Waals surface area contributed by atoms with E-state index >= 15 is 0 Å². The second-order valence-electron chi connectivity index (χ2n) is 9.36. The fraction of sp³-hybridized carbons (Fsp3) is 0.370. The van der Waals surface area contributed by atoms with Gasteiger partial charge in [-0.25, -0.2) is 12.8 Å². The minimum Gasteiger partial charge on any atom is -0.471 e. The Bertz CT molecular complexity index is 1400. The third-order valence-corrected chi connectivity index (χ3v) is 8.51. The molecule has 9 nitrogen and oxygen atoms in total. The van der Waals surface area contributed by atoms with E-state index in [1.54, 1.807) is 12.4 Å². The lowest BCUT2D eigenvalue weighted by Gasteiger charge is -2.26. The lowest BCUT2D eigenvalue weighted by Crippen LogP contribution is -2.37. The minimum absolute atomic E-state index is 0.0225. The van der Waals surface area contributed by atoms with Crippen LogP contribution in [-0.4, -0.2) is 26.5 Å². The number of hydrogen-bond donors (Lipinski definition) is 3. The van der Waals surface area contributed by atoms with Crippen molar-refractivity contribution >= 4 is 44.4 Å². The number of sulfonamides is 1. The van der Waals surface area contributed by atoms with E-state index in [4.69, 9.17) is 16.0 Å². The first-order chi connectivity index (χ1) is 18.8. The Morgan fingerprint density at radius 2 is 1.97 bits per heavy atom. The number of nitrogens with one attached hydrogen (secondary N) is 3. The summed E-state index contributed by atoms with van der Waals surface area (Å²) in [4.78, 5) is 6.73. The first-order valence-corrected chi connectivity index (χ1v) is 14.9. The van der Waals surface area contributed by atoms with Crippen molar-refractivity contribution in [3.05, 3.63) is 71.8 Å². The average Bonchev–Trinajstić information content (AvgIpc) is 3.64. The van der Waals surface area contributed by atoms with Gasteiger partial charge in [0.15, 0.2) is 0 Å². The molecule has 39 heavy (non-hydrogen) atoms. The molecule has 0 aliphatic carbocycles. The molecule has 0 spiro atoms. The van der Waals surface area contributed by atoms with Crippen molar-refractivity contribution in [2.24, 2.45) is 5.92 Å². The summed E-state index contributed by atoms with van der Waals surface area (Å²) in [7, 11) is -3.96. The first kappa shape index (κ1) is 28.7. The summed E-state index contributed by atoms with van der Waals surface area (Å²) in [5, 5.41) is 1.25. The molecule has 1 aliphatic heterocycles. The fourth-order valence-corrected chi connectivity index (χ4v) is 5.80. The molecule has 0 fully saturated rings. The number of nitrogens with zero attached hydrogens (tertiary/aromatic N) is 3. The molecule has 0 saturated carbocycles. The van der Waals surface area contributed by atoms with Gasteiger partial charge in [0.25, 0.3) is 10.0 Å². The van der Waals surface area contributed by atoms with Crippen LogP contribution in [0.3, 0.4) is 0 Å². The summed E-state index contributed by atoms with van der Waals surface area (Å²) >= 11 is 6.49. The zero-order valence-electron chi connectivity index (χ0n) is 22.2. The normalized spacial score (nSPS) is 13.5. The van der Waals surface area contributed by atoms with E-state index in [0.717, 1.165) is 62.4 Å².